The molecule has 1 aromatic carbocycles. The van der Waals surface area contributed by atoms with Crippen LogP contribution < -0.4 is 10.6 Å². The summed E-state index contributed by atoms with van der Waals surface area (Å²) in [6.45, 7) is 24.8. The SMILES string of the molecule is C=C(NC(C)(C)C(=O)NCCc1c(C)cc(-c2noc(C3=NC(C)C4=C3CCC(C)(C)C4)n2)cc1C)OC(C)(C)C. The number of carbonyl (C=O) groups is 1. The van der Waals surface area contributed by atoms with E-state index in [9.17, 15) is 4.79 Å². The van der Waals surface area contributed by atoms with Crippen molar-refractivity contribution >= 4 is 11.6 Å². The Morgan fingerprint density at radius 1 is 1.17 bits per heavy atom. The number of hydrogen-bond acceptors (Lipinski definition) is 7. The third kappa shape index (κ3) is 7.08. The molecular weight excluding hydrogens is 514 g/mol. The van der Waals surface area contributed by atoms with Crippen molar-refractivity contribution in [2.75, 3.05) is 6.54 Å². The van der Waals surface area contributed by atoms with Gasteiger partial charge in [0.25, 0.3) is 5.89 Å². The first kappa shape index (κ1) is 30.5. The van der Waals surface area contributed by atoms with Crippen LogP contribution in [0, 0.1) is 19.3 Å². The quantitative estimate of drug-likeness (QED) is 0.345. The number of nitrogens with one attached hydrogen (secondary N) is 2. The minimum absolute atomic E-state index is 0.119. The maximum atomic E-state index is 12.9. The Morgan fingerprint density at radius 3 is 2.46 bits per heavy atom. The van der Waals surface area contributed by atoms with Gasteiger partial charge in [-0.3, -0.25) is 9.79 Å². The highest BCUT2D eigenvalue weighted by Gasteiger charge is 2.37. The molecule has 0 spiro atoms. The Hall–Kier alpha value is -3.42. The number of ether oxygens (including phenoxy) is 1. The van der Waals surface area contributed by atoms with E-state index in [-0.39, 0.29) is 11.9 Å². The van der Waals surface area contributed by atoms with E-state index in [1.165, 1.54) is 16.7 Å². The standard InChI is InChI=1S/C33H47N5O3/c1-19-16-23(28-36-29(41-38-28)27-25-12-14-32(8,9)18-26(25)21(3)35-27)17-20(2)24(19)13-15-34-30(39)33(10,11)37-22(4)40-31(5,6)7/h16-17,21,37H,4,12-15,18H2,1-3,5-11H3,(H,34,39). The summed E-state index contributed by atoms with van der Waals surface area (Å²) in [5.74, 6) is 1.33. The van der Waals surface area contributed by atoms with Gasteiger partial charge in [0.1, 0.15) is 16.9 Å². The molecule has 8 heteroatoms. The lowest BCUT2D eigenvalue weighted by Gasteiger charge is -2.31. The van der Waals surface area contributed by atoms with Crippen molar-refractivity contribution in [3.63, 3.8) is 0 Å². The second-order valence-electron chi connectivity index (χ2n) is 13.9. The predicted octanol–water partition coefficient (Wildman–Crippen LogP) is 6.36. The zero-order valence-electron chi connectivity index (χ0n) is 26.5. The summed E-state index contributed by atoms with van der Waals surface area (Å²) in [6.07, 6.45) is 3.90. The zero-order valence-corrected chi connectivity index (χ0v) is 26.5. The highest BCUT2D eigenvalue weighted by molar-refractivity contribution is 6.12. The molecular formula is C33H47N5O3. The molecule has 1 aliphatic heterocycles. The van der Waals surface area contributed by atoms with Gasteiger partial charge in [0.05, 0.1) is 6.04 Å². The van der Waals surface area contributed by atoms with Gasteiger partial charge < -0.3 is 19.9 Å². The van der Waals surface area contributed by atoms with E-state index in [0.29, 0.717) is 36.0 Å². The van der Waals surface area contributed by atoms with Gasteiger partial charge in [0, 0.05) is 12.1 Å². The summed E-state index contributed by atoms with van der Waals surface area (Å²) in [5.41, 5.74) is 6.98. The van der Waals surface area contributed by atoms with Crippen molar-refractivity contribution in [1.82, 2.24) is 20.8 Å². The molecule has 0 saturated carbocycles. The van der Waals surface area contributed by atoms with Crippen LogP contribution in [-0.4, -0.2) is 45.5 Å². The van der Waals surface area contributed by atoms with Gasteiger partial charge >= 0.3 is 0 Å². The second kappa shape index (κ2) is 11.1. The van der Waals surface area contributed by atoms with E-state index in [1.807, 2.05) is 34.6 Å². The van der Waals surface area contributed by atoms with E-state index in [4.69, 9.17) is 19.2 Å². The molecule has 41 heavy (non-hydrogen) atoms. The summed E-state index contributed by atoms with van der Waals surface area (Å²) >= 11 is 0. The topological polar surface area (TPSA) is 102 Å². The lowest BCUT2D eigenvalue weighted by Crippen LogP contribution is -2.53. The smallest absolute Gasteiger partial charge is 0.276 e. The molecule has 2 N–H and O–H groups in total. The lowest BCUT2D eigenvalue weighted by atomic mass is 9.73. The van der Waals surface area contributed by atoms with E-state index >= 15 is 0 Å². The van der Waals surface area contributed by atoms with Crippen molar-refractivity contribution in [3.8, 4) is 11.4 Å². The number of allylic oxidation sites excluding steroid dienone is 1. The number of aliphatic imine (C=N–C) groups is 1. The Kier molecular flexibility index (Phi) is 8.27. The van der Waals surface area contributed by atoms with Gasteiger partial charge in [0.2, 0.25) is 11.7 Å². The number of benzene rings is 1. The summed E-state index contributed by atoms with van der Waals surface area (Å²) in [5, 5.41) is 10.5. The first-order chi connectivity index (χ1) is 19.0. The van der Waals surface area contributed by atoms with E-state index in [0.717, 1.165) is 41.7 Å². The van der Waals surface area contributed by atoms with Crippen LogP contribution in [0.4, 0.5) is 0 Å². The zero-order chi connectivity index (χ0) is 30.3. The van der Waals surface area contributed by atoms with Crippen LogP contribution in [0.3, 0.4) is 0 Å². The highest BCUT2D eigenvalue weighted by atomic mass is 16.5. The Labute approximate surface area is 245 Å². The van der Waals surface area contributed by atoms with Crippen molar-refractivity contribution in [2.45, 2.75) is 112 Å². The van der Waals surface area contributed by atoms with E-state index < -0.39 is 11.1 Å². The minimum atomic E-state index is -0.862. The van der Waals surface area contributed by atoms with E-state index in [1.54, 1.807) is 0 Å². The number of carbonyl (C=O) groups excluding carboxylic acids is 1. The Balaban J connectivity index is 1.41. The average molecular weight is 562 g/mol. The van der Waals surface area contributed by atoms with Gasteiger partial charge in [-0.25, -0.2) is 0 Å². The molecule has 0 saturated heterocycles. The molecule has 2 heterocycles. The number of aryl methyl sites for hydroxylation is 2. The monoisotopic (exact) mass is 561 g/mol. The van der Waals surface area contributed by atoms with Gasteiger partial charge in [0.15, 0.2) is 5.88 Å². The summed E-state index contributed by atoms with van der Waals surface area (Å²) in [4.78, 5) is 22.6. The van der Waals surface area contributed by atoms with Crippen molar-refractivity contribution in [2.24, 2.45) is 10.4 Å². The molecule has 222 valence electrons. The third-order valence-corrected chi connectivity index (χ3v) is 7.91. The van der Waals surface area contributed by atoms with Crippen molar-refractivity contribution in [3.05, 3.63) is 58.3 Å². The number of rotatable bonds is 9. The maximum absolute atomic E-state index is 12.9. The van der Waals surface area contributed by atoms with Crippen LogP contribution in [0.25, 0.3) is 11.4 Å². The van der Waals surface area contributed by atoms with Crippen LogP contribution in [0.5, 0.6) is 0 Å². The molecule has 0 fully saturated rings. The van der Waals surface area contributed by atoms with Gasteiger partial charge in [-0.15, -0.1) is 0 Å². The molecule has 1 unspecified atom stereocenters. The summed E-state index contributed by atoms with van der Waals surface area (Å²) < 4.78 is 11.5. The summed E-state index contributed by atoms with van der Waals surface area (Å²) in [7, 11) is 0. The largest absolute Gasteiger partial charge is 0.474 e. The molecule has 1 amide bonds. The number of hydrogen-bond donors (Lipinski definition) is 2. The molecule has 2 aromatic rings. The first-order valence-corrected chi connectivity index (χ1v) is 14.6. The van der Waals surface area contributed by atoms with Crippen LogP contribution >= 0.6 is 0 Å². The van der Waals surface area contributed by atoms with Crippen molar-refractivity contribution < 1.29 is 14.1 Å². The lowest BCUT2D eigenvalue weighted by molar-refractivity contribution is -0.126. The Bertz CT molecular complexity index is 1380. The number of aromatic nitrogens is 2. The highest BCUT2D eigenvalue weighted by Crippen LogP contribution is 2.44. The fraction of sp³-hybridized carbons (Fsp3) is 0.576. The molecule has 4 rings (SSSR count). The number of amides is 1. The molecule has 2 aliphatic rings. The number of nitrogens with zero attached hydrogens (tertiary/aromatic N) is 3. The van der Waals surface area contributed by atoms with E-state index in [2.05, 4.69) is 69.1 Å². The average Bonchev–Trinajstić information content (AvgIpc) is 3.43. The Morgan fingerprint density at radius 2 is 1.83 bits per heavy atom. The van der Waals surface area contributed by atoms with Crippen LogP contribution in [0.1, 0.15) is 97.2 Å². The van der Waals surface area contributed by atoms with Gasteiger partial charge in [-0.1, -0.05) is 19.0 Å². The van der Waals surface area contributed by atoms with Crippen LogP contribution in [0.2, 0.25) is 0 Å². The third-order valence-electron chi connectivity index (χ3n) is 7.91. The molecule has 1 aromatic heterocycles. The first-order valence-electron chi connectivity index (χ1n) is 14.6. The predicted molar refractivity (Wildman–Crippen MR) is 164 cm³/mol. The van der Waals surface area contributed by atoms with Crippen LogP contribution in [-0.2, 0) is 16.0 Å². The van der Waals surface area contributed by atoms with Crippen molar-refractivity contribution in [1.29, 1.82) is 0 Å². The molecule has 1 aliphatic carbocycles. The van der Waals surface area contributed by atoms with Crippen LogP contribution in [0.15, 0.2) is 45.3 Å². The second-order valence-corrected chi connectivity index (χ2v) is 13.9. The molecule has 0 bridgehead atoms. The van der Waals surface area contributed by atoms with Gasteiger partial charge in [-0.05, 0) is 133 Å². The summed E-state index contributed by atoms with van der Waals surface area (Å²) in [6, 6.07) is 4.34. The maximum Gasteiger partial charge on any atom is 0.276 e. The molecule has 0 radical (unpaired) electrons. The van der Waals surface area contributed by atoms with Gasteiger partial charge in [-0.2, -0.15) is 4.98 Å². The molecule has 1 atom stereocenters. The fourth-order valence-electron chi connectivity index (χ4n) is 5.81. The normalized spacial score (nSPS) is 18.6. The fourth-order valence-corrected chi connectivity index (χ4v) is 5.81. The minimum Gasteiger partial charge on any atom is -0.474 e. The molecule has 8 nitrogen and oxygen atoms in total.